The number of ether oxygens (including phenoxy) is 2. The van der Waals surface area contributed by atoms with E-state index >= 15 is 0 Å². The van der Waals surface area contributed by atoms with Crippen LogP contribution in [0.2, 0.25) is 0 Å². The average molecular weight is 321 g/mol. The maximum Gasteiger partial charge on any atom is 0.161 e. The zero-order chi connectivity index (χ0) is 16.4. The van der Waals surface area contributed by atoms with Crippen LogP contribution in [0.25, 0.3) is 11.3 Å². The summed E-state index contributed by atoms with van der Waals surface area (Å²) in [6.45, 7) is 2.04. The molecule has 0 unspecified atom stereocenters. The molecule has 1 aliphatic rings. The fourth-order valence-corrected chi connectivity index (χ4v) is 2.83. The smallest absolute Gasteiger partial charge is 0.161 e. The van der Waals surface area contributed by atoms with Gasteiger partial charge in [-0.25, -0.2) is 4.98 Å². The number of hydrogen-bond donors (Lipinski definition) is 1. The van der Waals surface area contributed by atoms with E-state index in [1.165, 1.54) is 5.56 Å². The van der Waals surface area contributed by atoms with Crippen LogP contribution in [-0.4, -0.2) is 22.8 Å². The number of aromatic nitrogens is 2. The van der Waals surface area contributed by atoms with Crippen molar-refractivity contribution in [3.8, 4) is 22.8 Å². The Morgan fingerprint density at radius 3 is 2.62 bits per heavy atom. The van der Waals surface area contributed by atoms with Gasteiger partial charge < -0.3 is 19.8 Å². The van der Waals surface area contributed by atoms with Crippen molar-refractivity contribution in [2.24, 2.45) is 0 Å². The minimum atomic E-state index is 0.647. The second-order valence-electron chi connectivity index (χ2n) is 5.80. The van der Waals surface area contributed by atoms with Crippen molar-refractivity contribution < 1.29 is 9.47 Å². The quantitative estimate of drug-likeness (QED) is 0.803. The van der Waals surface area contributed by atoms with E-state index in [9.17, 15) is 0 Å². The number of nitrogen functional groups attached to an aromatic ring is 1. The van der Waals surface area contributed by atoms with E-state index < -0.39 is 0 Å². The highest BCUT2D eigenvalue weighted by Gasteiger charge is 2.15. The second-order valence-corrected chi connectivity index (χ2v) is 5.80. The Balaban J connectivity index is 1.64. The molecule has 0 spiro atoms. The van der Waals surface area contributed by atoms with Crippen molar-refractivity contribution in [3.05, 3.63) is 60.4 Å². The molecule has 0 radical (unpaired) electrons. The predicted molar refractivity (Wildman–Crippen MR) is 93.2 cm³/mol. The molecule has 4 rings (SSSR count). The zero-order valence-electron chi connectivity index (χ0n) is 13.3. The molecule has 0 saturated heterocycles. The SMILES string of the molecule is Nc1c(-c2ccc3c(c2)OCCCO3)ncn1Cc1ccccc1. The highest BCUT2D eigenvalue weighted by Crippen LogP contribution is 2.35. The standard InChI is InChI=1S/C19H19N3O2/c20-19-18(21-13-22(19)12-14-5-2-1-3-6-14)15-7-8-16-17(11-15)24-10-4-9-23-16/h1-3,5-8,11,13H,4,9-10,12,20H2. The lowest BCUT2D eigenvalue weighted by Gasteiger charge is -2.09. The number of fused-ring (bicyclic) bond motifs is 1. The van der Waals surface area contributed by atoms with E-state index in [0.29, 0.717) is 25.6 Å². The van der Waals surface area contributed by atoms with Crippen molar-refractivity contribution >= 4 is 5.82 Å². The van der Waals surface area contributed by atoms with Crippen LogP contribution in [0, 0.1) is 0 Å². The molecule has 0 saturated carbocycles. The summed E-state index contributed by atoms with van der Waals surface area (Å²) in [5.74, 6) is 2.17. The highest BCUT2D eigenvalue weighted by atomic mass is 16.5. The number of nitrogens with zero attached hydrogens (tertiary/aromatic N) is 2. The Morgan fingerprint density at radius 2 is 1.79 bits per heavy atom. The van der Waals surface area contributed by atoms with Gasteiger partial charge >= 0.3 is 0 Å². The summed E-state index contributed by atoms with van der Waals surface area (Å²) in [7, 11) is 0. The Morgan fingerprint density at radius 1 is 1.00 bits per heavy atom. The maximum absolute atomic E-state index is 6.32. The van der Waals surface area contributed by atoms with E-state index in [2.05, 4.69) is 17.1 Å². The summed E-state index contributed by atoms with van der Waals surface area (Å²) in [5, 5.41) is 0. The van der Waals surface area contributed by atoms with Crippen LogP contribution < -0.4 is 15.2 Å². The summed E-state index contributed by atoms with van der Waals surface area (Å²) >= 11 is 0. The highest BCUT2D eigenvalue weighted by molar-refractivity contribution is 5.72. The zero-order valence-corrected chi connectivity index (χ0v) is 13.3. The van der Waals surface area contributed by atoms with Gasteiger partial charge in [0.15, 0.2) is 11.5 Å². The van der Waals surface area contributed by atoms with Crippen LogP contribution >= 0.6 is 0 Å². The minimum Gasteiger partial charge on any atom is -0.490 e. The Bertz CT molecular complexity index is 843. The van der Waals surface area contributed by atoms with Gasteiger partial charge in [-0.05, 0) is 23.8 Å². The van der Waals surface area contributed by atoms with Crippen molar-refractivity contribution in [2.45, 2.75) is 13.0 Å². The van der Waals surface area contributed by atoms with Crippen LogP contribution in [0.1, 0.15) is 12.0 Å². The first kappa shape index (κ1) is 14.6. The molecule has 0 atom stereocenters. The second kappa shape index (κ2) is 6.28. The van der Waals surface area contributed by atoms with Crippen LogP contribution in [0.15, 0.2) is 54.9 Å². The molecule has 0 aliphatic carbocycles. The van der Waals surface area contributed by atoms with Gasteiger partial charge in [-0.15, -0.1) is 0 Å². The normalized spacial score (nSPS) is 13.5. The van der Waals surface area contributed by atoms with Crippen molar-refractivity contribution in [3.63, 3.8) is 0 Å². The van der Waals surface area contributed by atoms with Crippen LogP contribution in [-0.2, 0) is 6.54 Å². The fraction of sp³-hybridized carbons (Fsp3) is 0.211. The van der Waals surface area contributed by atoms with Crippen LogP contribution in [0.4, 0.5) is 5.82 Å². The third-order valence-corrected chi connectivity index (χ3v) is 4.09. The summed E-state index contributed by atoms with van der Waals surface area (Å²) in [4.78, 5) is 4.50. The fourth-order valence-electron chi connectivity index (χ4n) is 2.83. The number of hydrogen-bond acceptors (Lipinski definition) is 4. The van der Waals surface area contributed by atoms with Gasteiger partial charge in [0.25, 0.3) is 0 Å². The van der Waals surface area contributed by atoms with Gasteiger partial charge in [0.1, 0.15) is 11.5 Å². The Labute approximate surface area is 140 Å². The summed E-state index contributed by atoms with van der Waals surface area (Å²) in [5.41, 5.74) is 9.20. The van der Waals surface area contributed by atoms with Crippen molar-refractivity contribution in [1.82, 2.24) is 9.55 Å². The molecule has 0 amide bonds. The third-order valence-electron chi connectivity index (χ3n) is 4.09. The lowest BCUT2D eigenvalue weighted by Crippen LogP contribution is -2.03. The third kappa shape index (κ3) is 2.80. The van der Waals surface area contributed by atoms with Crippen LogP contribution in [0.5, 0.6) is 11.5 Å². The van der Waals surface area contributed by atoms with Gasteiger partial charge in [-0.1, -0.05) is 30.3 Å². The van der Waals surface area contributed by atoms with Gasteiger partial charge in [-0.2, -0.15) is 0 Å². The molecule has 1 aromatic heterocycles. The Hall–Kier alpha value is -2.95. The molecule has 0 bridgehead atoms. The largest absolute Gasteiger partial charge is 0.490 e. The first-order chi connectivity index (χ1) is 11.8. The average Bonchev–Trinajstić information content (AvgIpc) is 2.83. The molecule has 5 heteroatoms. The summed E-state index contributed by atoms with van der Waals surface area (Å²) in [6, 6.07) is 16.0. The molecule has 122 valence electrons. The molecule has 2 heterocycles. The molecule has 5 nitrogen and oxygen atoms in total. The number of rotatable bonds is 3. The molecular weight excluding hydrogens is 302 g/mol. The van der Waals surface area contributed by atoms with E-state index in [1.54, 1.807) is 6.33 Å². The minimum absolute atomic E-state index is 0.647. The molecule has 24 heavy (non-hydrogen) atoms. The predicted octanol–water partition coefficient (Wildman–Crippen LogP) is 3.34. The van der Waals surface area contributed by atoms with E-state index in [4.69, 9.17) is 15.2 Å². The van der Waals surface area contributed by atoms with E-state index in [1.807, 2.05) is 41.0 Å². The summed E-state index contributed by atoms with van der Waals surface area (Å²) < 4.78 is 13.4. The number of anilines is 1. The lowest BCUT2D eigenvalue weighted by atomic mass is 10.1. The molecule has 0 fully saturated rings. The van der Waals surface area contributed by atoms with Gasteiger partial charge in [0.05, 0.1) is 26.1 Å². The molecule has 2 aromatic carbocycles. The lowest BCUT2D eigenvalue weighted by molar-refractivity contribution is 0.297. The van der Waals surface area contributed by atoms with Gasteiger partial charge in [0, 0.05) is 12.0 Å². The van der Waals surface area contributed by atoms with Crippen LogP contribution in [0.3, 0.4) is 0 Å². The first-order valence-electron chi connectivity index (χ1n) is 8.06. The topological polar surface area (TPSA) is 62.3 Å². The molecule has 1 aliphatic heterocycles. The number of benzene rings is 2. The van der Waals surface area contributed by atoms with Crippen molar-refractivity contribution in [2.75, 3.05) is 18.9 Å². The van der Waals surface area contributed by atoms with Gasteiger partial charge in [-0.3, -0.25) is 0 Å². The molecular formula is C19H19N3O2. The van der Waals surface area contributed by atoms with E-state index in [0.717, 1.165) is 29.2 Å². The first-order valence-corrected chi connectivity index (χ1v) is 8.06. The number of nitrogens with two attached hydrogens (primary N) is 1. The van der Waals surface area contributed by atoms with Crippen molar-refractivity contribution in [1.29, 1.82) is 0 Å². The van der Waals surface area contributed by atoms with E-state index in [-0.39, 0.29) is 0 Å². The monoisotopic (exact) mass is 321 g/mol. The number of imidazole rings is 1. The maximum atomic E-state index is 6.32. The van der Waals surface area contributed by atoms with Gasteiger partial charge in [0.2, 0.25) is 0 Å². The molecule has 3 aromatic rings. The molecule has 2 N–H and O–H groups in total. The Kier molecular flexibility index (Phi) is 3.83. The summed E-state index contributed by atoms with van der Waals surface area (Å²) in [6.07, 6.45) is 2.67.